The number of benzene rings is 2. The van der Waals surface area contributed by atoms with Gasteiger partial charge in [-0.15, -0.1) is 0 Å². The van der Waals surface area contributed by atoms with Crippen molar-refractivity contribution in [2.45, 2.75) is 39.4 Å². The summed E-state index contributed by atoms with van der Waals surface area (Å²) in [6, 6.07) is 16.2. The molecule has 36 heavy (non-hydrogen) atoms. The molecule has 3 aromatic rings. The van der Waals surface area contributed by atoms with Crippen molar-refractivity contribution in [3.05, 3.63) is 93.8 Å². The number of hydrogen-bond acceptors (Lipinski definition) is 5. The van der Waals surface area contributed by atoms with Crippen LogP contribution in [0.25, 0.3) is 5.57 Å². The van der Waals surface area contributed by atoms with Crippen LogP contribution in [0.1, 0.15) is 48.2 Å². The number of hydrogen-bond donors (Lipinski definition) is 1. The fraction of sp³-hybridized carbons (Fsp3) is 0.367. The summed E-state index contributed by atoms with van der Waals surface area (Å²) < 4.78 is 6.13. The van der Waals surface area contributed by atoms with Crippen LogP contribution in [0.3, 0.4) is 0 Å². The second-order valence-electron chi connectivity index (χ2n) is 10.2. The van der Waals surface area contributed by atoms with E-state index in [2.05, 4.69) is 46.0 Å². The number of aromatic nitrogens is 1. The Balaban J connectivity index is 1.33. The zero-order valence-corrected chi connectivity index (χ0v) is 22.1. The fourth-order valence-electron chi connectivity index (χ4n) is 5.13. The minimum absolute atomic E-state index is 0.439. The van der Waals surface area contributed by atoms with Gasteiger partial charge in [-0.1, -0.05) is 29.8 Å². The Bertz CT molecular complexity index is 1270. The van der Waals surface area contributed by atoms with Crippen molar-refractivity contribution in [2.24, 2.45) is 0 Å². The summed E-state index contributed by atoms with van der Waals surface area (Å²) in [5.41, 5.74) is 6.65. The summed E-state index contributed by atoms with van der Waals surface area (Å²) in [6.07, 6.45) is 5.06. The van der Waals surface area contributed by atoms with E-state index >= 15 is 0 Å². The molecule has 6 heteroatoms. The summed E-state index contributed by atoms with van der Waals surface area (Å²) in [6.45, 7) is 11.3. The molecule has 0 amide bonds. The molecule has 0 unspecified atom stereocenters. The predicted octanol–water partition coefficient (Wildman–Crippen LogP) is 5.81. The quantitative estimate of drug-likeness (QED) is 0.476. The van der Waals surface area contributed by atoms with Gasteiger partial charge in [0.1, 0.15) is 12.4 Å². The number of ether oxygens (including phenoxy) is 1. The van der Waals surface area contributed by atoms with Gasteiger partial charge in [0, 0.05) is 60.8 Å². The minimum Gasteiger partial charge on any atom is -0.487 e. The maximum atomic E-state index is 10.6. The molecule has 0 spiro atoms. The lowest BCUT2D eigenvalue weighted by atomic mass is 9.90. The Morgan fingerprint density at radius 3 is 2.61 bits per heavy atom. The van der Waals surface area contributed by atoms with Gasteiger partial charge >= 0.3 is 0 Å². The van der Waals surface area contributed by atoms with Gasteiger partial charge < -0.3 is 14.7 Å². The van der Waals surface area contributed by atoms with Crippen molar-refractivity contribution >= 4 is 22.9 Å². The van der Waals surface area contributed by atoms with Crippen molar-refractivity contribution in [1.82, 2.24) is 9.88 Å². The van der Waals surface area contributed by atoms with Crippen LogP contribution in [0.5, 0.6) is 5.75 Å². The van der Waals surface area contributed by atoms with Gasteiger partial charge in [-0.2, -0.15) is 0 Å². The average Bonchev–Trinajstić information content (AvgIpc) is 3.01. The number of nitrogens with zero attached hydrogens (tertiary/aromatic N) is 3. The van der Waals surface area contributed by atoms with Crippen LogP contribution >= 0.6 is 11.6 Å². The standard InChI is InChI=1S/C30H34ClN3O2/c1-21-18-23(31)9-10-28(21)34-16-14-33(15-17-34)13-5-7-24-25-6-4-12-32-27(25)20-36-29-11-8-22(19-26(24)29)30(2,3)35/h4,6-12,18-19,35H,5,13-17,20H2,1-3H3/b24-7+. The van der Waals surface area contributed by atoms with Gasteiger partial charge in [-0.05, 0) is 80.3 Å². The summed E-state index contributed by atoms with van der Waals surface area (Å²) >= 11 is 6.15. The summed E-state index contributed by atoms with van der Waals surface area (Å²) in [5.74, 6) is 0.833. The largest absolute Gasteiger partial charge is 0.487 e. The lowest BCUT2D eigenvalue weighted by molar-refractivity contribution is 0.0785. The van der Waals surface area contributed by atoms with Gasteiger partial charge in [0.15, 0.2) is 0 Å². The van der Waals surface area contributed by atoms with Crippen LogP contribution in [-0.2, 0) is 12.2 Å². The number of rotatable bonds is 5. The minimum atomic E-state index is -0.924. The topological polar surface area (TPSA) is 48.8 Å². The number of halogens is 1. The lowest BCUT2D eigenvalue weighted by Crippen LogP contribution is -2.46. The number of fused-ring (bicyclic) bond motifs is 2. The van der Waals surface area contributed by atoms with E-state index in [0.29, 0.717) is 6.61 Å². The van der Waals surface area contributed by atoms with Crippen molar-refractivity contribution in [1.29, 1.82) is 0 Å². The first-order valence-corrected chi connectivity index (χ1v) is 13.1. The van der Waals surface area contributed by atoms with Crippen LogP contribution in [-0.4, -0.2) is 47.7 Å². The molecular formula is C30H34ClN3O2. The van der Waals surface area contributed by atoms with E-state index in [4.69, 9.17) is 16.3 Å². The highest BCUT2D eigenvalue weighted by Crippen LogP contribution is 2.38. The van der Waals surface area contributed by atoms with Gasteiger partial charge in [0.2, 0.25) is 0 Å². The number of piperazine rings is 1. The third-order valence-corrected chi connectivity index (χ3v) is 7.42. The highest BCUT2D eigenvalue weighted by molar-refractivity contribution is 6.30. The van der Waals surface area contributed by atoms with Crippen LogP contribution in [0, 0.1) is 6.92 Å². The molecule has 0 saturated carbocycles. The second kappa shape index (κ2) is 10.3. The molecule has 2 aliphatic rings. The molecule has 0 radical (unpaired) electrons. The Kier molecular flexibility index (Phi) is 7.07. The predicted molar refractivity (Wildman–Crippen MR) is 147 cm³/mol. The lowest BCUT2D eigenvalue weighted by Gasteiger charge is -2.36. The van der Waals surface area contributed by atoms with Crippen molar-refractivity contribution in [3.8, 4) is 5.75 Å². The Morgan fingerprint density at radius 2 is 1.86 bits per heavy atom. The molecule has 2 aromatic carbocycles. The van der Waals surface area contributed by atoms with E-state index in [1.165, 1.54) is 11.3 Å². The molecule has 5 nitrogen and oxygen atoms in total. The van der Waals surface area contributed by atoms with Crippen LogP contribution in [0.2, 0.25) is 5.02 Å². The van der Waals surface area contributed by atoms with Gasteiger partial charge in [-0.3, -0.25) is 9.88 Å². The van der Waals surface area contributed by atoms with E-state index in [-0.39, 0.29) is 0 Å². The number of aliphatic hydroxyl groups is 1. The molecule has 0 aliphatic carbocycles. The summed E-state index contributed by atoms with van der Waals surface area (Å²) in [5, 5.41) is 11.4. The van der Waals surface area contributed by atoms with E-state index in [1.54, 1.807) is 0 Å². The van der Waals surface area contributed by atoms with Crippen LogP contribution in [0.15, 0.2) is 60.8 Å². The fourth-order valence-corrected chi connectivity index (χ4v) is 5.36. The first-order valence-electron chi connectivity index (χ1n) is 12.7. The van der Waals surface area contributed by atoms with E-state index < -0.39 is 5.60 Å². The summed E-state index contributed by atoms with van der Waals surface area (Å²) in [4.78, 5) is 9.58. The highest BCUT2D eigenvalue weighted by Gasteiger charge is 2.24. The van der Waals surface area contributed by atoms with E-state index in [9.17, 15) is 5.11 Å². The molecule has 1 N–H and O–H groups in total. The Hall–Kier alpha value is -2.86. The van der Waals surface area contributed by atoms with Gasteiger partial charge in [-0.25, -0.2) is 0 Å². The monoisotopic (exact) mass is 503 g/mol. The Labute approximate surface area is 219 Å². The highest BCUT2D eigenvalue weighted by atomic mass is 35.5. The first-order chi connectivity index (χ1) is 17.3. The van der Waals surface area contributed by atoms with E-state index in [0.717, 1.165) is 77.9 Å². The molecule has 188 valence electrons. The SMILES string of the molecule is Cc1cc(Cl)ccc1N1CCN(CC/C=C2/c3cc(C(C)(C)O)ccc3OCc3ncccc32)CC1. The normalized spacial score (nSPS) is 17.4. The molecule has 1 aromatic heterocycles. The third kappa shape index (κ3) is 5.29. The molecular weight excluding hydrogens is 470 g/mol. The number of anilines is 1. The maximum Gasteiger partial charge on any atom is 0.131 e. The number of aryl methyl sites for hydroxylation is 1. The zero-order valence-electron chi connectivity index (χ0n) is 21.3. The molecule has 0 atom stereocenters. The Morgan fingerprint density at radius 1 is 1.06 bits per heavy atom. The average molecular weight is 504 g/mol. The van der Waals surface area contributed by atoms with E-state index in [1.807, 2.05) is 50.4 Å². The zero-order chi connectivity index (χ0) is 25.3. The molecule has 2 aliphatic heterocycles. The molecule has 1 fully saturated rings. The van der Waals surface area contributed by atoms with Crippen LogP contribution < -0.4 is 9.64 Å². The van der Waals surface area contributed by atoms with Crippen molar-refractivity contribution < 1.29 is 9.84 Å². The van der Waals surface area contributed by atoms with Gasteiger partial charge in [0.05, 0.1) is 11.3 Å². The molecule has 0 bridgehead atoms. The first kappa shape index (κ1) is 24.8. The van der Waals surface area contributed by atoms with Crippen LogP contribution in [0.4, 0.5) is 5.69 Å². The van der Waals surface area contributed by atoms with Crippen molar-refractivity contribution in [3.63, 3.8) is 0 Å². The van der Waals surface area contributed by atoms with Gasteiger partial charge in [0.25, 0.3) is 0 Å². The third-order valence-electron chi connectivity index (χ3n) is 7.19. The molecule has 5 rings (SSSR count). The summed E-state index contributed by atoms with van der Waals surface area (Å²) in [7, 11) is 0. The molecule has 1 saturated heterocycles. The number of pyridine rings is 1. The smallest absolute Gasteiger partial charge is 0.131 e. The van der Waals surface area contributed by atoms with Crippen molar-refractivity contribution in [2.75, 3.05) is 37.6 Å². The molecule has 3 heterocycles. The maximum absolute atomic E-state index is 10.6. The second-order valence-corrected chi connectivity index (χ2v) is 10.7.